The fourth-order valence-corrected chi connectivity index (χ4v) is 3.21. The molecule has 88 valence electrons. The molecule has 0 atom stereocenters. The maximum atomic E-state index is 5.98. The van der Waals surface area contributed by atoms with Crippen molar-refractivity contribution in [3.05, 3.63) is 21.3 Å². The van der Waals surface area contributed by atoms with Crippen molar-refractivity contribution in [3.8, 4) is 0 Å². The zero-order valence-electron chi connectivity index (χ0n) is 9.29. The third kappa shape index (κ3) is 3.22. The third-order valence-electron chi connectivity index (χ3n) is 3.05. The van der Waals surface area contributed by atoms with E-state index >= 15 is 0 Å². The largest absolute Gasteiger partial charge is 0.387 e. The topological polar surface area (TPSA) is 38.4 Å². The molecule has 0 unspecified atom stereocenters. The van der Waals surface area contributed by atoms with Gasteiger partial charge in [0.2, 0.25) is 0 Å². The highest BCUT2D eigenvalue weighted by Gasteiger charge is 2.17. The molecule has 1 aliphatic rings. The Morgan fingerprint density at radius 1 is 1.44 bits per heavy atom. The van der Waals surface area contributed by atoms with Crippen LogP contribution < -0.4 is 5.73 Å². The number of thiophene rings is 1. The fraction of sp³-hybridized carbons (Fsp3) is 0.583. The van der Waals surface area contributed by atoms with Crippen LogP contribution in [0.5, 0.6) is 0 Å². The highest BCUT2D eigenvalue weighted by molar-refractivity contribution is 7.16. The van der Waals surface area contributed by atoms with Gasteiger partial charge in [-0.15, -0.1) is 11.3 Å². The monoisotopic (exact) mass is 256 g/mol. The summed E-state index contributed by atoms with van der Waals surface area (Å²) in [5, 5.41) is 0. The molecule has 0 aromatic carbocycles. The minimum Gasteiger partial charge on any atom is -0.387 e. The first kappa shape index (κ1) is 11.9. The molecule has 0 saturated heterocycles. The van der Waals surface area contributed by atoms with Gasteiger partial charge < -0.3 is 5.73 Å². The molecule has 2 N–H and O–H groups in total. The van der Waals surface area contributed by atoms with E-state index in [9.17, 15) is 0 Å². The zero-order valence-corrected chi connectivity index (χ0v) is 10.9. The van der Waals surface area contributed by atoms with Gasteiger partial charge in [-0.25, -0.2) is 0 Å². The molecule has 1 aliphatic carbocycles. The van der Waals surface area contributed by atoms with Gasteiger partial charge in [0.25, 0.3) is 0 Å². The van der Waals surface area contributed by atoms with E-state index in [1.165, 1.54) is 30.6 Å². The van der Waals surface area contributed by atoms with Crippen molar-refractivity contribution in [2.45, 2.75) is 32.1 Å². The second kappa shape index (κ2) is 5.69. The SMILES string of the molecule is NC(=NCCc1ccc(Cl)s1)C1CCCC1. The Labute approximate surface area is 106 Å². The van der Waals surface area contributed by atoms with Crippen LogP contribution in [0.25, 0.3) is 0 Å². The lowest BCUT2D eigenvalue weighted by Crippen LogP contribution is -2.21. The minimum atomic E-state index is 0.548. The van der Waals surface area contributed by atoms with Gasteiger partial charge in [-0.2, -0.15) is 0 Å². The van der Waals surface area contributed by atoms with Gasteiger partial charge in [-0.3, -0.25) is 4.99 Å². The summed E-state index contributed by atoms with van der Waals surface area (Å²) in [6.45, 7) is 0.791. The Morgan fingerprint density at radius 2 is 2.19 bits per heavy atom. The van der Waals surface area contributed by atoms with Gasteiger partial charge in [0.1, 0.15) is 0 Å². The average Bonchev–Trinajstić information content (AvgIpc) is 2.89. The molecule has 1 aromatic rings. The molecule has 1 fully saturated rings. The Balaban J connectivity index is 1.79. The molecule has 0 spiro atoms. The average molecular weight is 257 g/mol. The number of hydrogen-bond acceptors (Lipinski definition) is 2. The lowest BCUT2D eigenvalue weighted by Gasteiger charge is -2.07. The van der Waals surface area contributed by atoms with Crippen LogP contribution in [-0.2, 0) is 6.42 Å². The van der Waals surface area contributed by atoms with E-state index in [0.717, 1.165) is 23.1 Å². The molecule has 2 rings (SSSR count). The summed E-state index contributed by atoms with van der Waals surface area (Å²) < 4.78 is 0.850. The van der Waals surface area contributed by atoms with Gasteiger partial charge in [0.15, 0.2) is 0 Å². The van der Waals surface area contributed by atoms with Gasteiger partial charge in [0, 0.05) is 23.8 Å². The molecule has 0 amide bonds. The molecule has 16 heavy (non-hydrogen) atoms. The molecular weight excluding hydrogens is 240 g/mol. The molecule has 1 aromatic heterocycles. The first-order chi connectivity index (χ1) is 7.75. The van der Waals surface area contributed by atoms with Crippen molar-refractivity contribution >= 4 is 28.8 Å². The maximum Gasteiger partial charge on any atom is 0.0968 e. The fourth-order valence-electron chi connectivity index (χ4n) is 2.13. The maximum absolute atomic E-state index is 5.98. The molecule has 0 bridgehead atoms. The first-order valence-electron chi connectivity index (χ1n) is 5.80. The van der Waals surface area contributed by atoms with Crippen molar-refractivity contribution in [2.75, 3.05) is 6.54 Å². The van der Waals surface area contributed by atoms with Crippen LogP contribution in [0.2, 0.25) is 4.34 Å². The highest BCUT2D eigenvalue weighted by Crippen LogP contribution is 2.25. The van der Waals surface area contributed by atoms with Crippen LogP contribution in [0.1, 0.15) is 30.6 Å². The smallest absolute Gasteiger partial charge is 0.0968 e. The summed E-state index contributed by atoms with van der Waals surface area (Å²) in [5.41, 5.74) is 5.98. The van der Waals surface area contributed by atoms with E-state index in [1.807, 2.05) is 6.07 Å². The number of hydrogen-bond donors (Lipinski definition) is 1. The second-order valence-corrected chi connectivity index (χ2v) is 6.04. The normalized spacial score (nSPS) is 18.2. The van der Waals surface area contributed by atoms with Gasteiger partial charge in [0.05, 0.1) is 10.2 Å². The van der Waals surface area contributed by atoms with E-state index in [2.05, 4.69) is 11.1 Å². The summed E-state index contributed by atoms with van der Waals surface area (Å²) in [5.74, 6) is 1.41. The molecule has 1 heterocycles. The molecule has 1 saturated carbocycles. The summed E-state index contributed by atoms with van der Waals surface area (Å²) >= 11 is 7.49. The number of nitrogens with two attached hydrogens (primary N) is 1. The minimum absolute atomic E-state index is 0.548. The molecule has 0 radical (unpaired) electrons. The summed E-state index contributed by atoms with van der Waals surface area (Å²) in [6.07, 6.45) is 6.01. The molecule has 2 nitrogen and oxygen atoms in total. The van der Waals surface area contributed by atoms with Crippen LogP contribution >= 0.6 is 22.9 Å². The number of nitrogens with zero attached hydrogens (tertiary/aromatic N) is 1. The van der Waals surface area contributed by atoms with Crippen molar-refractivity contribution in [3.63, 3.8) is 0 Å². The van der Waals surface area contributed by atoms with Crippen LogP contribution in [-0.4, -0.2) is 12.4 Å². The summed E-state index contributed by atoms with van der Waals surface area (Å²) in [6, 6.07) is 4.00. The summed E-state index contributed by atoms with van der Waals surface area (Å²) in [4.78, 5) is 5.75. The lowest BCUT2D eigenvalue weighted by molar-refractivity contribution is 0.715. The molecular formula is C12H17ClN2S. The predicted octanol–water partition coefficient (Wildman–Crippen LogP) is 3.49. The number of amidine groups is 1. The van der Waals surface area contributed by atoms with E-state index in [0.29, 0.717) is 5.92 Å². The van der Waals surface area contributed by atoms with Crippen LogP contribution in [0.3, 0.4) is 0 Å². The van der Waals surface area contributed by atoms with Gasteiger partial charge >= 0.3 is 0 Å². The van der Waals surface area contributed by atoms with Crippen LogP contribution in [0.4, 0.5) is 0 Å². The Morgan fingerprint density at radius 3 is 2.81 bits per heavy atom. The van der Waals surface area contributed by atoms with Gasteiger partial charge in [-0.05, 0) is 25.0 Å². The number of aliphatic imine (C=N–C) groups is 1. The van der Waals surface area contributed by atoms with Crippen molar-refractivity contribution in [2.24, 2.45) is 16.6 Å². The van der Waals surface area contributed by atoms with E-state index in [1.54, 1.807) is 11.3 Å². The van der Waals surface area contributed by atoms with Crippen LogP contribution in [0.15, 0.2) is 17.1 Å². The number of rotatable bonds is 4. The lowest BCUT2D eigenvalue weighted by atomic mass is 10.1. The first-order valence-corrected chi connectivity index (χ1v) is 6.99. The summed E-state index contributed by atoms with van der Waals surface area (Å²) in [7, 11) is 0. The Kier molecular flexibility index (Phi) is 4.24. The Bertz CT molecular complexity index is 367. The number of halogens is 1. The third-order valence-corrected chi connectivity index (χ3v) is 4.35. The quantitative estimate of drug-likeness (QED) is 0.650. The van der Waals surface area contributed by atoms with E-state index in [4.69, 9.17) is 17.3 Å². The zero-order chi connectivity index (χ0) is 11.4. The highest BCUT2D eigenvalue weighted by atomic mass is 35.5. The molecule has 4 heteroatoms. The van der Waals surface area contributed by atoms with E-state index in [-0.39, 0.29) is 0 Å². The van der Waals surface area contributed by atoms with Crippen molar-refractivity contribution in [1.82, 2.24) is 0 Å². The van der Waals surface area contributed by atoms with Gasteiger partial charge in [-0.1, -0.05) is 24.4 Å². The standard InChI is InChI=1S/C12H17ClN2S/c13-11-6-5-10(16-11)7-8-15-12(14)9-3-1-2-4-9/h5-6,9H,1-4,7-8H2,(H2,14,15). The van der Waals surface area contributed by atoms with E-state index < -0.39 is 0 Å². The second-order valence-electron chi connectivity index (χ2n) is 4.24. The molecule has 0 aliphatic heterocycles. The van der Waals surface area contributed by atoms with Crippen LogP contribution in [0, 0.1) is 5.92 Å². The Hall–Kier alpha value is -0.540. The predicted molar refractivity (Wildman–Crippen MR) is 71.5 cm³/mol. The van der Waals surface area contributed by atoms with Crippen molar-refractivity contribution < 1.29 is 0 Å². The van der Waals surface area contributed by atoms with Crippen molar-refractivity contribution in [1.29, 1.82) is 0 Å².